The topological polar surface area (TPSA) is 85.6 Å². The van der Waals surface area contributed by atoms with Crippen molar-refractivity contribution in [1.82, 2.24) is 19.8 Å². The molecule has 7 rings (SSSR count). The number of nitriles is 1. The Morgan fingerprint density at radius 1 is 1.17 bits per heavy atom. The quantitative estimate of drug-likeness (QED) is 0.214. The average molecular weight is 643 g/mol. The number of halogens is 3. The number of ether oxygens (including phenoxy) is 1. The van der Waals surface area contributed by atoms with Gasteiger partial charge in [-0.05, 0) is 42.5 Å². The summed E-state index contributed by atoms with van der Waals surface area (Å²) in [5, 5.41) is 12.1. The first-order valence-corrected chi connectivity index (χ1v) is 15.9. The maximum absolute atomic E-state index is 14.5. The van der Waals surface area contributed by atoms with Crippen LogP contribution in [0.3, 0.4) is 0 Å². The zero-order valence-corrected chi connectivity index (χ0v) is 26.0. The molecule has 3 fully saturated rings. The molecule has 0 spiro atoms. The molecule has 0 N–H and O–H groups in total. The number of pyridine rings is 2. The molecule has 3 aliphatic heterocycles. The van der Waals surface area contributed by atoms with Crippen molar-refractivity contribution < 1.29 is 18.3 Å². The third-order valence-corrected chi connectivity index (χ3v) is 9.97. The van der Waals surface area contributed by atoms with E-state index in [-0.39, 0.29) is 25.0 Å². The molecular weight excluding hydrogens is 610 g/mol. The van der Waals surface area contributed by atoms with E-state index in [1.165, 1.54) is 4.90 Å². The summed E-state index contributed by atoms with van der Waals surface area (Å²) in [6.07, 6.45) is 3.26. The predicted molar refractivity (Wildman–Crippen MR) is 174 cm³/mol. The van der Waals surface area contributed by atoms with E-state index in [2.05, 4.69) is 17.5 Å². The fourth-order valence-corrected chi connectivity index (χ4v) is 7.79. The van der Waals surface area contributed by atoms with Gasteiger partial charge in [0.05, 0.1) is 35.3 Å². The molecular formula is C35H33ClF2N6O2. The van der Waals surface area contributed by atoms with Crippen molar-refractivity contribution >= 4 is 45.0 Å². The van der Waals surface area contributed by atoms with Crippen molar-refractivity contribution in [3.8, 4) is 23.1 Å². The summed E-state index contributed by atoms with van der Waals surface area (Å²) < 4.78 is 34.8. The first-order chi connectivity index (χ1) is 22.3. The third-order valence-electron chi connectivity index (χ3n) is 9.66. The van der Waals surface area contributed by atoms with Gasteiger partial charge in [-0.1, -0.05) is 48.5 Å². The first kappa shape index (κ1) is 30.3. The molecule has 236 valence electrons. The molecule has 3 saturated heterocycles. The molecule has 46 heavy (non-hydrogen) atoms. The lowest BCUT2D eigenvalue weighted by Gasteiger charge is -2.41. The van der Waals surface area contributed by atoms with Gasteiger partial charge in [-0.15, -0.1) is 0 Å². The van der Waals surface area contributed by atoms with Gasteiger partial charge in [0, 0.05) is 60.8 Å². The fourth-order valence-electron chi connectivity index (χ4n) is 7.50. The molecule has 0 bridgehead atoms. The third kappa shape index (κ3) is 5.41. The smallest absolute Gasteiger partial charge is 0.282 e. The maximum Gasteiger partial charge on any atom is 0.282 e. The van der Waals surface area contributed by atoms with E-state index in [1.54, 1.807) is 6.20 Å². The van der Waals surface area contributed by atoms with E-state index < -0.39 is 23.9 Å². The van der Waals surface area contributed by atoms with Crippen molar-refractivity contribution in [2.75, 3.05) is 44.2 Å². The Morgan fingerprint density at radius 2 is 2.00 bits per heavy atom. The molecule has 11 heteroatoms. The molecule has 1 amide bonds. The van der Waals surface area contributed by atoms with Crippen molar-refractivity contribution in [3.05, 3.63) is 72.2 Å². The molecule has 5 heterocycles. The summed E-state index contributed by atoms with van der Waals surface area (Å²) in [5.74, 6) is -1.47. The van der Waals surface area contributed by atoms with Crippen LogP contribution in [-0.2, 0) is 4.79 Å². The molecule has 2 aromatic carbocycles. The summed E-state index contributed by atoms with van der Waals surface area (Å²) >= 11 is 6.66. The molecule has 0 aliphatic carbocycles. The van der Waals surface area contributed by atoms with Crippen molar-refractivity contribution in [2.24, 2.45) is 0 Å². The summed E-state index contributed by atoms with van der Waals surface area (Å²) in [6, 6.07) is 17.2. The van der Waals surface area contributed by atoms with Gasteiger partial charge in [0.2, 0.25) is 5.88 Å². The van der Waals surface area contributed by atoms with Crippen LogP contribution in [0.1, 0.15) is 25.7 Å². The van der Waals surface area contributed by atoms with Gasteiger partial charge in [0.15, 0.2) is 5.83 Å². The van der Waals surface area contributed by atoms with Gasteiger partial charge >= 0.3 is 0 Å². The van der Waals surface area contributed by atoms with E-state index in [0.717, 1.165) is 47.0 Å². The molecule has 0 radical (unpaired) electrons. The number of hydrogen-bond donors (Lipinski definition) is 0. The number of carbonyl (C=O) groups excluding carboxylic acids is 1. The normalized spacial score (nSPS) is 23.1. The standard InChI is InChI=1S/C35H33ClF2N6O2/c1-22(37)34(45)44-14-13-42(20-26(44)9-11-39)30-16-31(46-21-35-10-4-12-43(35)19-25(38)17-35)41-29-15-24(18-40-33(29)30)27-7-2-5-23-6-3-8-28(36)32(23)27/h2-3,5-8,15-16,18,25-26H,1,4,9-10,12-14,17,19-21H2/t25?,26-,35-/m0/s1. The summed E-state index contributed by atoms with van der Waals surface area (Å²) in [6.45, 7) is 5.63. The number of alkyl halides is 1. The van der Waals surface area contributed by atoms with Crippen molar-refractivity contribution in [2.45, 2.75) is 43.4 Å². The van der Waals surface area contributed by atoms with E-state index >= 15 is 0 Å². The summed E-state index contributed by atoms with van der Waals surface area (Å²) in [7, 11) is 0. The largest absolute Gasteiger partial charge is 0.476 e. The highest BCUT2D eigenvalue weighted by molar-refractivity contribution is 6.36. The minimum absolute atomic E-state index is 0.0318. The predicted octanol–water partition coefficient (Wildman–Crippen LogP) is 6.47. The molecule has 2 aromatic heterocycles. The fraction of sp³-hybridized carbons (Fsp3) is 0.371. The van der Waals surface area contributed by atoms with Gasteiger partial charge in [-0.3, -0.25) is 14.7 Å². The van der Waals surface area contributed by atoms with Crippen molar-refractivity contribution in [3.63, 3.8) is 0 Å². The second-order valence-corrected chi connectivity index (χ2v) is 12.9. The van der Waals surface area contributed by atoms with Gasteiger partial charge in [0.1, 0.15) is 18.3 Å². The lowest BCUT2D eigenvalue weighted by molar-refractivity contribution is -0.131. The Morgan fingerprint density at radius 3 is 2.80 bits per heavy atom. The number of carbonyl (C=O) groups is 1. The Labute approximate surface area is 270 Å². The molecule has 8 nitrogen and oxygen atoms in total. The molecule has 3 atom stereocenters. The van der Waals surface area contributed by atoms with Crippen molar-refractivity contribution in [1.29, 1.82) is 5.26 Å². The van der Waals surface area contributed by atoms with Gasteiger partial charge in [-0.2, -0.15) is 5.26 Å². The minimum atomic E-state index is -1.05. The zero-order valence-electron chi connectivity index (χ0n) is 25.3. The van der Waals surface area contributed by atoms with E-state index in [4.69, 9.17) is 26.3 Å². The van der Waals surface area contributed by atoms with Crippen LogP contribution in [0.15, 0.2) is 67.1 Å². The van der Waals surface area contributed by atoms with Crippen LogP contribution in [0.25, 0.3) is 32.9 Å². The average Bonchev–Trinajstić information content (AvgIpc) is 3.58. The second kappa shape index (κ2) is 12.1. The van der Waals surface area contributed by atoms with E-state index in [1.807, 2.05) is 53.4 Å². The number of fused-ring (bicyclic) bond motifs is 3. The first-order valence-electron chi connectivity index (χ1n) is 15.5. The van der Waals surface area contributed by atoms with Crippen LogP contribution in [0.4, 0.5) is 14.5 Å². The van der Waals surface area contributed by atoms with Crippen LogP contribution in [0, 0.1) is 11.3 Å². The summed E-state index contributed by atoms with van der Waals surface area (Å²) in [5.41, 5.74) is 3.34. The number of amides is 1. The van der Waals surface area contributed by atoms with E-state index in [0.29, 0.717) is 48.1 Å². The number of benzene rings is 2. The van der Waals surface area contributed by atoms with Crippen LogP contribution in [0.2, 0.25) is 5.02 Å². The number of aromatic nitrogens is 2. The number of anilines is 1. The van der Waals surface area contributed by atoms with Gasteiger partial charge in [-0.25, -0.2) is 13.8 Å². The Hall–Kier alpha value is -4.33. The minimum Gasteiger partial charge on any atom is -0.476 e. The van der Waals surface area contributed by atoms with Crippen LogP contribution in [0.5, 0.6) is 5.88 Å². The SMILES string of the molecule is C=C(F)C(=O)N1CCN(c2cc(OC[C@@]34CCCN3CC(F)C4)nc3cc(-c4cccc5cccc(Cl)c45)cnc23)C[C@@H]1CC#N. The monoisotopic (exact) mass is 642 g/mol. The highest BCUT2D eigenvalue weighted by atomic mass is 35.5. The lowest BCUT2D eigenvalue weighted by Crippen LogP contribution is -2.55. The number of piperazine rings is 1. The number of nitrogens with zero attached hydrogens (tertiary/aromatic N) is 6. The number of rotatable bonds is 7. The van der Waals surface area contributed by atoms with Crippen LogP contribution in [-0.4, -0.2) is 82.8 Å². The molecule has 1 unspecified atom stereocenters. The molecule has 0 saturated carbocycles. The second-order valence-electron chi connectivity index (χ2n) is 12.4. The number of hydrogen-bond acceptors (Lipinski definition) is 7. The van der Waals surface area contributed by atoms with Crippen LogP contribution < -0.4 is 9.64 Å². The van der Waals surface area contributed by atoms with Gasteiger partial charge < -0.3 is 14.5 Å². The highest BCUT2D eigenvalue weighted by Gasteiger charge is 2.49. The molecule has 4 aromatic rings. The van der Waals surface area contributed by atoms with E-state index in [9.17, 15) is 18.8 Å². The van der Waals surface area contributed by atoms with Gasteiger partial charge in [0.25, 0.3) is 5.91 Å². The maximum atomic E-state index is 14.5. The molecule has 3 aliphatic rings. The lowest BCUT2D eigenvalue weighted by atomic mass is 9.95. The Bertz CT molecular complexity index is 1890. The zero-order chi connectivity index (χ0) is 32.0. The summed E-state index contributed by atoms with van der Waals surface area (Å²) in [4.78, 5) is 27.9. The van der Waals surface area contributed by atoms with Crippen LogP contribution >= 0.6 is 11.6 Å². The highest BCUT2D eigenvalue weighted by Crippen LogP contribution is 2.41. The Kier molecular flexibility index (Phi) is 7.99. The Balaban J connectivity index is 1.29.